The lowest BCUT2D eigenvalue weighted by atomic mass is 10.9. The zero-order valence-corrected chi connectivity index (χ0v) is 46.4. The van der Waals surface area contributed by atoms with E-state index in [0.29, 0.717) is 0 Å². The van der Waals surface area contributed by atoms with Crippen molar-refractivity contribution in [3.8, 4) is 0 Å². The second-order valence-corrected chi connectivity index (χ2v) is 52.4. The monoisotopic (exact) mass is 1110 g/mol. The number of rotatable bonds is 11. The third-order valence-electron chi connectivity index (χ3n) is 9.53. The summed E-state index contributed by atoms with van der Waals surface area (Å²) >= 11 is 0. The summed E-state index contributed by atoms with van der Waals surface area (Å²) in [5, 5.41) is 19.9. The molecule has 9 saturated heterocycles. The van der Waals surface area contributed by atoms with Crippen molar-refractivity contribution in [3.05, 3.63) is 0 Å². The lowest BCUT2D eigenvalue weighted by molar-refractivity contribution is -0.128. The molecular formula is C14H42O32Si14. The van der Waals surface area contributed by atoms with Crippen molar-refractivity contribution in [2.45, 2.75) is 37.1 Å². The SMILES string of the molecule is CC[Si]1(O)O[Si]23CC[Si](OC)(OC)O[Si](O[Si](O)(OC)OC)(O2)O[Si]24O[Si]5(O)O[Si](CO)(O[Si](O)(CO)O[Si](O1)(O3)O2)O[Si]1(O5)O[Si]2(O[Si](O)(OC)O[Si](OC)(O2)C4C)O1. The predicted octanol–water partition coefficient (Wildman–Crippen LogP) is -7.12. The molecule has 9 fully saturated rings. The smallest absolute Gasteiger partial charge is 0.392 e. The highest BCUT2D eigenvalue weighted by Gasteiger charge is 2.94. The highest BCUT2D eigenvalue weighted by Crippen LogP contribution is 2.56. The van der Waals surface area contributed by atoms with Gasteiger partial charge in [0.15, 0.2) is 0 Å². The minimum absolute atomic E-state index is 0.279. The lowest BCUT2D eigenvalue weighted by Gasteiger charge is -2.61. The maximum absolute atomic E-state index is 12.6. The lowest BCUT2D eigenvalue weighted by Crippen LogP contribution is -2.94. The highest BCUT2D eigenvalue weighted by molar-refractivity contribution is 7.06. The molecule has 0 aliphatic carbocycles. The molecule has 9 bridgehead atoms. The van der Waals surface area contributed by atoms with Crippen molar-refractivity contribution in [3.63, 3.8) is 0 Å². The molecule has 32 nitrogen and oxygen atoms in total. The van der Waals surface area contributed by atoms with Crippen LogP contribution in [0.2, 0.25) is 23.3 Å². The molecule has 46 heteroatoms. The van der Waals surface area contributed by atoms with Gasteiger partial charge >= 0.3 is 125 Å². The Bertz CT molecular complexity index is 1670. The maximum atomic E-state index is 12.6. The normalized spacial score (nSPS) is 53.4. The van der Waals surface area contributed by atoms with Gasteiger partial charge in [-0.15, -0.1) is 0 Å². The van der Waals surface area contributed by atoms with E-state index in [4.69, 9.17) is 105 Å². The quantitative estimate of drug-likeness (QED) is 0.0945. The van der Waals surface area contributed by atoms with Crippen LogP contribution in [-0.4, -0.2) is 214 Å². The Labute approximate surface area is 354 Å². The zero-order chi connectivity index (χ0) is 43.8. The van der Waals surface area contributed by atoms with Gasteiger partial charge in [0.1, 0.15) is 12.5 Å². The van der Waals surface area contributed by atoms with E-state index in [1.54, 1.807) is 0 Å². The van der Waals surface area contributed by atoms with Gasteiger partial charge in [-0.2, -0.15) is 0 Å². The Kier molecular flexibility index (Phi) is 12.4. The molecule has 7 N–H and O–H groups in total. The topological polar surface area (TPSA) is 372 Å². The van der Waals surface area contributed by atoms with Gasteiger partial charge in [-0.1, -0.05) is 13.8 Å². The largest absolute Gasteiger partial charge is 0.670 e. The molecule has 9 heterocycles. The number of fused-ring (bicyclic) bond motifs is 2. The number of hydrogen-bond donors (Lipinski definition) is 7. The molecule has 0 amide bonds. The van der Waals surface area contributed by atoms with Crippen LogP contribution in [0.25, 0.3) is 0 Å². The zero-order valence-electron chi connectivity index (χ0n) is 32.4. The molecule has 11 atom stereocenters. The second kappa shape index (κ2) is 15.4. The van der Waals surface area contributed by atoms with Crippen molar-refractivity contribution in [2.75, 3.05) is 55.1 Å². The molecule has 11 unspecified atom stereocenters. The third-order valence-corrected chi connectivity index (χ3v) is 62.7. The summed E-state index contributed by atoms with van der Waals surface area (Å²) in [6, 6.07) is -1.03. The minimum Gasteiger partial charge on any atom is -0.392 e. The molecule has 9 rings (SSSR count). The number of aliphatic hydroxyl groups excluding tert-OH is 2. The summed E-state index contributed by atoms with van der Waals surface area (Å²) in [6.07, 6.45) is -2.78. The highest BCUT2D eigenvalue weighted by atomic mass is 28.7. The van der Waals surface area contributed by atoms with Gasteiger partial charge < -0.3 is 139 Å². The fourth-order valence-electron chi connectivity index (χ4n) is 6.65. The van der Waals surface area contributed by atoms with E-state index in [-0.39, 0.29) is 12.1 Å². The van der Waals surface area contributed by atoms with Crippen LogP contribution in [-0.2, 0) is 105 Å². The van der Waals surface area contributed by atoms with E-state index in [2.05, 4.69) is 0 Å². The molecular weight excluding hydrogens is 1070 g/mol. The molecule has 9 aliphatic rings. The van der Waals surface area contributed by atoms with Crippen molar-refractivity contribution in [2.24, 2.45) is 0 Å². The summed E-state index contributed by atoms with van der Waals surface area (Å²) in [7, 11) is -67.0. The molecule has 0 aromatic carbocycles. The second-order valence-electron chi connectivity index (χ2n) is 13.3. The van der Waals surface area contributed by atoms with Crippen molar-refractivity contribution in [1.29, 1.82) is 0 Å². The van der Waals surface area contributed by atoms with Crippen LogP contribution in [0.1, 0.15) is 13.8 Å². The molecule has 346 valence electrons. The minimum atomic E-state index is -5.96. The van der Waals surface area contributed by atoms with E-state index in [1.165, 1.54) is 28.1 Å². The Morgan fingerprint density at radius 1 is 0.567 bits per heavy atom. The van der Waals surface area contributed by atoms with Crippen LogP contribution in [0.15, 0.2) is 0 Å². The summed E-state index contributed by atoms with van der Waals surface area (Å²) in [6.45, 7) is 2.65. The van der Waals surface area contributed by atoms with Gasteiger partial charge in [0.25, 0.3) is 0 Å². The first-order chi connectivity index (χ1) is 27.8. The van der Waals surface area contributed by atoms with Gasteiger partial charge in [-0.25, -0.2) is 0 Å². The Morgan fingerprint density at radius 2 is 1.22 bits per heavy atom. The molecule has 5 spiro atoms. The average molecular weight is 1120 g/mol. The summed E-state index contributed by atoms with van der Waals surface area (Å²) < 4.78 is 152. The van der Waals surface area contributed by atoms with Gasteiger partial charge in [-0.3, -0.25) is 0 Å². The number of hydrogen-bond acceptors (Lipinski definition) is 32. The van der Waals surface area contributed by atoms with Crippen LogP contribution in [0.3, 0.4) is 0 Å². The Balaban J connectivity index is 1.48. The molecule has 60 heavy (non-hydrogen) atoms. The fourth-order valence-corrected chi connectivity index (χ4v) is 73.8. The summed E-state index contributed by atoms with van der Waals surface area (Å²) in [5.41, 5.74) is 0. The molecule has 0 radical (unpaired) electrons. The first-order valence-corrected chi connectivity index (χ1v) is 42.2. The van der Waals surface area contributed by atoms with Crippen molar-refractivity contribution in [1.82, 2.24) is 0 Å². The first-order valence-electron chi connectivity index (χ1n) is 17.3. The average Bonchev–Trinajstić information content (AvgIpc) is 3.28. The molecule has 0 aromatic heterocycles. The van der Waals surface area contributed by atoms with E-state index in [0.717, 1.165) is 28.4 Å². The van der Waals surface area contributed by atoms with Crippen LogP contribution in [0, 0.1) is 0 Å². The van der Waals surface area contributed by atoms with Crippen molar-refractivity contribution >= 4 is 125 Å². The summed E-state index contributed by atoms with van der Waals surface area (Å²) in [5.74, 6) is 0. The van der Waals surface area contributed by atoms with Gasteiger partial charge in [0.05, 0.1) is 5.16 Å². The Hall–Kier alpha value is 1.76. The maximum Gasteiger partial charge on any atom is 0.670 e. The van der Waals surface area contributed by atoms with E-state index in [1.807, 2.05) is 0 Å². The number of aliphatic hydroxyl groups is 2. The van der Waals surface area contributed by atoms with E-state index < -0.39 is 149 Å². The van der Waals surface area contributed by atoms with Gasteiger partial charge in [-0.05, 0) is 0 Å². The van der Waals surface area contributed by atoms with Gasteiger partial charge in [0.2, 0.25) is 0 Å². The van der Waals surface area contributed by atoms with E-state index in [9.17, 15) is 34.2 Å². The standard InChI is InChI=1S/C14H42O32Si14/c1-9-47(17)28-50-11-10-49(22-3,23-4)33-58(35-50,42-54(19,25-6)26-7)41-53-14(2)52(24-5)37-55(20,27-8)43-60(39-52)45-59(46-60)36-51(13-16,32-56(21,38-53)44-59)29-48(18,12-15)31-57(30-47,34-50)40-53/h14-21H,9-13H2,1-8H3. The molecule has 0 aromatic rings. The Morgan fingerprint density at radius 3 is 1.80 bits per heavy atom. The van der Waals surface area contributed by atoms with Crippen LogP contribution in [0.5, 0.6) is 0 Å². The van der Waals surface area contributed by atoms with Crippen molar-refractivity contribution < 1.29 is 139 Å². The third kappa shape index (κ3) is 7.88. The molecule has 0 saturated carbocycles. The molecule has 9 aliphatic heterocycles. The predicted molar refractivity (Wildman–Crippen MR) is 198 cm³/mol. The van der Waals surface area contributed by atoms with E-state index >= 15 is 0 Å². The van der Waals surface area contributed by atoms with Crippen LogP contribution < -0.4 is 0 Å². The van der Waals surface area contributed by atoms with Gasteiger partial charge in [0, 0.05) is 60.8 Å². The first kappa shape index (κ1) is 48.2. The van der Waals surface area contributed by atoms with Crippen LogP contribution in [0.4, 0.5) is 0 Å². The fraction of sp³-hybridized carbons (Fsp3) is 1.00. The summed E-state index contributed by atoms with van der Waals surface area (Å²) in [4.78, 5) is 60.5. The van der Waals surface area contributed by atoms with Crippen LogP contribution >= 0.6 is 0 Å².